The second-order valence-electron chi connectivity index (χ2n) is 5.99. The summed E-state index contributed by atoms with van der Waals surface area (Å²) < 4.78 is 5.41. The maximum atomic E-state index is 11.0. The largest absolute Gasteiger partial charge is 0.496 e. The van der Waals surface area contributed by atoms with E-state index in [1.165, 1.54) is 5.56 Å². The van der Waals surface area contributed by atoms with Gasteiger partial charge in [0, 0.05) is 25.2 Å². The van der Waals surface area contributed by atoms with Crippen molar-refractivity contribution in [3.63, 3.8) is 0 Å². The van der Waals surface area contributed by atoms with E-state index in [2.05, 4.69) is 29.2 Å². The third-order valence-corrected chi connectivity index (χ3v) is 4.54. The van der Waals surface area contributed by atoms with Gasteiger partial charge in [-0.15, -0.1) is 12.4 Å². The molecule has 4 heteroatoms. The summed E-state index contributed by atoms with van der Waals surface area (Å²) >= 11 is 0. The van der Waals surface area contributed by atoms with Crippen LogP contribution in [0.4, 0.5) is 0 Å². The first kappa shape index (κ1) is 17.8. The summed E-state index contributed by atoms with van der Waals surface area (Å²) in [5.74, 6) is 0.779. The number of para-hydroxylation sites is 1. The lowest BCUT2D eigenvalue weighted by atomic mass is 9.84. The molecule has 124 valence electrons. The average Bonchev–Trinajstić information content (AvgIpc) is 2.58. The molecule has 23 heavy (non-hydrogen) atoms. The summed E-state index contributed by atoms with van der Waals surface area (Å²) in [7, 11) is 1.66. The lowest BCUT2D eigenvalue weighted by Crippen LogP contribution is -2.42. The molecule has 0 radical (unpaired) electrons. The molecule has 0 atom stereocenters. The molecule has 1 saturated heterocycles. The molecule has 0 saturated carbocycles. The topological polar surface area (TPSA) is 32.7 Å². The number of likely N-dealkylation sites (tertiary alicyclic amines) is 1. The monoisotopic (exact) mass is 333 g/mol. The van der Waals surface area contributed by atoms with E-state index in [1.54, 1.807) is 7.11 Å². The van der Waals surface area contributed by atoms with Crippen LogP contribution in [0.5, 0.6) is 5.75 Å². The molecule has 1 aliphatic rings. The molecule has 1 aliphatic heterocycles. The van der Waals surface area contributed by atoms with Crippen LogP contribution in [0.2, 0.25) is 0 Å². The molecule has 1 fully saturated rings. The van der Waals surface area contributed by atoms with E-state index in [1.807, 2.05) is 30.3 Å². The summed E-state index contributed by atoms with van der Waals surface area (Å²) in [6.07, 6.45) is 1.47. The van der Waals surface area contributed by atoms with E-state index >= 15 is 0 Å². The van der Waals surface area contributed by atoms with Crippen molar-refractivity contribution in [3.8, 4) is 5.75 Å². The Hall–Kier alpha value is -1.55. The molecule has 0 aromatic heterocycles. The first-order valence-electron chi connectivity index (χ1n) is 7.83. The molecule has 0 bridgehead atoms. The lowest BCUT2D eigenvalue weighted by Gasteiger charge is -2.39. The van der Waals surface area contributed by atoms with Gasteiger partial charge in [0.25, 0.3) is 0 Å². The molecule has 3 nitrogen and oxygen atoms in total. The third-order valence-electron chi connectivity index (χ3n) is 4.54. The van der Waals surface area contributed by atoms with Crippen LogP contribution in [-0.4, -0.2) is 30.2 Å². The van der Waals surface area contributed by atoms with Crippen LogP contribution in [0.3, 0.4) is 0 Å². The van der Waals surface area contributed by atoms with E-state index < -0.39 is 5.60 Å². The molecule has 2 aromatic carbocycles. The summed E-state index contributed by atoms with van der Waals surface area (Å²) in [6, 6.07) is 18.3. The van der Waals surface area contributed by atoms with Gasteiger partial charge in [0.05, 0.1) is 12.7 Å². The number of benzene rings is 2. The Kier molecular flexibility index (Phi) is 6.05. The maximum Gasteiger partial charge on any atom is 0.124 e. The van der Waals surface area contributed by atoms with Gasteiger partial charge >= 0.3 is 0 Å². The lowest BCUT2D eigenvalue weighted by molar-refractivity contribution is -0.0292. The Balaban J connectivity index is 0.00000192. The fourth-order valence-electron chi connectivity index (χ4n) is 3.22. The first-order chi connectivity index (χ1) is 10.7. The van der Waals surface area contributed by atoms with Crippen LogP contribution in [0.1, 0.15) is 24.0 Å². The Bertz CT molecular complexity index is 610. The van der Waals surface area contributed by atoms with E-state index in [-0.39, 0.29) is 12.4 Å². The van der Waals surface area contributed by atoms with E-state index in [4.69, 9.17) is 4.74 Å². The molecular formula is C19H24ClNO2. The molecule has 0 spiro atoms. The highest BCUT2D eigenvalue weighted by Gasteiger charge is 2.35. The van der Waals surface area contributed by atoms with Crippen LogP contribution < -0.4 is 4.74 Å². The average molecular weight is 334 g/mol. The Morgan fingerprint density at radius 1 is 1.00 bits per heavy atom. The van der Waals surface area contributed by atoms with E-state index in [9.17, 15) is 5.11 Å². The van der Waals surface area contributed by atoms with Crippen LogP contribution in [0, 0.1) is 0 Å². The van der Waals surface area contributed by atoms with Crippen molar-refractivity contribution in [3.05, 3.63) is 65.7 Å². The minimum Gasteiger partial charge on any atom is -0.496 e. The van der Waals surface area contributed by atoms with Gasteiger partial charge in [-0.05, 0) is 24.5 Å². The van der Waals surface area contributed by atoms with E-state index in [0.717, 1.165) is 43.8 Å². The molecule has 2 aromatic rings. The highest BCUT2D eigenvalue weighted by Crippen LogP contribution is 2.38. The Labute approximate surface area is 144 Å². The second kappa shape index (κ2) is 7.82. The number of hydrogen-bond acceptors (Lipinski definition) is 3. The fourth-order valence-corrected chi connectivity index (χ4v) is 3.22. The molecule has 1 heterocycles. The van der Waals surface area contributed by atoms with Crippen molar-refractivity contribution < 1.29 is 9.84 Å². The molecule has 1 N–H and O–H groups in total. The summed E-state index contributed by atoms with van der Waals surface area (Å²) in [6.45, 7) is 2.73. The van der Waals surface area contributed by atoms with Crippen molar-refractivity contribution in [2.45, 2.75) is 25.0 Å². The second-order valence-corrected chi connectivity index (χ2v) is 5.99. The van der Waals surface area contributed by atoms with Gasteiger partial charge in [0.1, 0.15) is 5.75 Å². The van der Waals surface area contributed by atoms with Crippen LogP contribution in [-0.2, 0) is 12.1 Å². The van der Waals surface area contributed by atoms with Crippen molar-refractivity contribution in [1.29, 1.82) is 0 Å². The van der Waals surface area contributed by atoms with Crippen LogP contribution in [0.25, 0.3) is 0 Å². The smallest absolute Gasteiger partial charge is 0.124 e. The van der Waals surface area contributed by atoms with Gasteiger partial charge in [0.15, 0.2) is 0 Å². The third kappa shape index (κ3) is 4.05. The highest BCUT2D eigenvalue weighted by molar-refractivity contribution is 5.85. The number of piperidine rings is 1. The molecule has 3 rings (SSSR count). The molecular weight excluding hydrogens is 310 g/mol. The summed E-state index contributed by atoms with van der Waals surface area (Å²) in [4.78, 5) is 2.40. The standard InChI is InChI=1S/C19H23NO2.ClH/c1-22-18-10-6-5-9-17(18)19(21)11-13-20(14-12-19)15-16-7-3-2-4-8-16;/h2-10,21H,11-15H2,1H3;1H. The fraction of sp³-hybridized carbons (Fsp3) is 0.368. The molecule has 0 aliphatic carbocycles. The van der Waals surface area contributed by atoms with Crippen LogP contribution in [0.15, 0.2) is 54.6 Å². The van der Waals surface area contributed by atoms with Gasteiger partial charge in [-0.2, -0.15) is 0 Å². The van der Waals surface area contributed by atoms with Crippen molar-refractivity contribution in [2.75, 3.05) is 20.2 Å². The zero-order chi connectivity index (χ0) is 15.4. The number of ether oxygens (including phenoxy) is 1. The number of rotatable bonds is 4. The normalized spacial score (nSPS) is 17.3. The minimum absolute atomic E-state index is 0. The van der Waals surface area contributed by atoms with Gasteiger partial charge in [-0.3, -0.25) is 4.90 Å². The zero-order valence-corrected chi connectivity index (χ0v) is 14.3. The van der Waals surface area contributed by atoms with E-state index in [0.29, 0.717) is 0 Å². The Morgan fingerprint density at radius 2 is 1.61 bits per heavy atom. The predicted octanol–water partition coefficient (Wildman–Crippen LogP) is 3.60. The molecule has 0 unspecified atom stereocenters. The zero-order valence-electron chi connectivity index (χ0n) is 13.4. The summed E-state index contributed by atoms with van der Waals surface area (Å²) in [5, 5.41) is 11.0. The van der Waals surface area contributed by atoms with Crippen molar-refractivity contribution in [2.24, 2.45) is 0 Å². The number of methoxy groups -OCH3 is 1. The number of hydrogen-bond donors (Lipinski definition) is 1. The maximum absolute atomic E-state index is 11.0. The van der Waals surface area contributed by atoms with Crippen molar-refractivity contribution >= 4 is 12.4 Å². The Morgan fingerprint density at radius 3 is 2.26 bits per heavy atom. The van der Waals surface area contributed by atoms with Gasteiger partial charge in [0.2, 0.25) is 0 Å². The number of aliphatic hydroxyl groups is 1. The van der Waals surface area contributed by atoms with Gasteiger partial charge in [-0.1, -0.05) is 48.5 Å². The highest BCUT2D eigenvalue weighted by atomic mass is 35.5. The quantitative estimate of drug-likeness (QED) is 0.928. The van der Waals surface area contributed by atoms with Crippen molar-refractivity contribution in [1.82, 2.24) is 4.90 Å². The molecule has 0 amide bonds. The van der Waals surface area contributed by atoms with Gasteiger partial charge in [-0.25, -0.2) is 0 Å². The van der Waals surface area contributed by atoms with Crippen LogP contribution >= 0.6 is 12.4 Å². The SMILES string of the molecule is COc1ccccc1C1(O)CCN(Cc2ccccc2)CC1.Cl. The van der Waals surface area contributed by atoms with Gasteiger partial charge < -0.3 is 9.84 Å². The summed E-state index contributed by atoms with van der Waals surface area (Å²) in [5.41, 5.74) is 1.46. The number of nitrogens with zero attached hydrogens (tertiary/aromatic N) is 1. The predicted molar refractivity (Wildman–Crippen MR) is 95.1 cm³/mol. The first-order valence-corrected chi connectivity index (χ1v) is 7.83. The number of halogens is 1. The minimum atomic E-state index is -0.778.